The molecule has 0 aliphatic heterocycles. The first-order valence-corrected chi connectivity index (χ1v) is 12.4. The Kier molecular flexibility index (Phi) is 6.92. The Morgan fingerprint density at radius 1 is 1.00 bits per heavy atom. The molecule has 0 bridgehead atoms. The zero-order valence-electron chi connectivity index (χ0n) is 20.9. The zero-order valence-corrected chi connectivity index (χ0v) is 20.9. The van der Waals surface area contributed by atoms with Crippen molar-refractivity contribution in [1.82, 2.24) is 4.57 Å². The number of pyridine rings is 1. The predicted octanol–water partition coefficient (Wildman–Crippen LogP) is 6.00. The van der Waals surface area contributed by atoms with E-state index in [0.717, 1.165) is 30.0 Å². The van der Waals surface area contributed by atoms with Gasteiger partial charge >= 0.3 is 11.9 Å². The highest BCUT2D eigenvalue weighted by molar-refractivity contribution is 6.16. The van der Waals surface area contributed by atoms with Gasteiger partial charge in [-0.25, -0.2) is 14.0 Å². The van der Waals surface area contributed by atoms with E-state index < -0.39 is 29.3 Å². The van der Waals surface area contributed by atoms with Crippen molar-refractivity contribution >= 4 is 28.4 Å². The van der Waals surface area contributed by atoms with Crippen molar-refractivity contribution in [2.45, 2.75) is 31.9 Å². The van der Waals surface area contributed by atoms with Crippen molar-refractivity contribution in [2.24, 2.45) is 0 Å². The highest BCUT2D eigenvalue weighted by Crippen LogP contribution is 2.38. The lowest BCUT2D eigenvalue weighted by atomic mass is 10.0. The molecule has 0 amide bonds. The van der Waals surface area contributed by atoms with Crippen molar-refractivity contribution in [3.63, 3.8) is 0 Å². The lowest BCUT2D eigenvalue weighted by Crippen LogP contribution is -2.21. The molecule has 0 unspecified atom stereocenters. The van der Waals surface area contributed by atoms with Crippen LogP contribution in [0.2, 0.25) is 0 Å². The van der Waals surface area contributed by atoms with Crippen LogP contribution in [0.1, 0.15) is 59.0 Å². The molecule has 1 fully saturated rings. The number of halogens is 1. The van der Waals surface area contributed by atoms with Crippen molar-refractivity contribution in [3.8, 4) is 0 Å². The maximum atomic E-state index is 15.4. The summed E-state index contributed by atoms with van der Waals surface area (Å²) in [7, 11) is 0. The minimum Gasteiger partial charge on any atom is -0.462 e. The Labute approximate surface area is 218 Å². The average molecular weight is 512 g/mol. The van der Waals surface area contributed by atoms with Crippen LogP contribution >= 0.6 is 0 Å². The number of rotatable bonds is 8. The summed E-state index contributed by atoms with van der Waals surface area (Å²) in [4.78, 5) is 38.7. The summed E-state index contributed by atoms with van der Waals surface area (Å²) in [6, 6.07) is 21.0. The molecule has 0 radical (unpaired) electrons. The van der Waals surface area contributed by atoms with E-state index in [1.807, 2.05) is 60.7 Å². The predicted molar refractivity (Wildman–Crippen MR) is 142 cm³/mol. The molecular formula is C31H26FNO5. The molecule has 6 nitrogen and oxygen atoms in total. The van der Waals surface area contributed by atoms with E-state index in [2.05, 4.69) is 6.58 Å². The first kappa shape index (κ1) is 25.1. The number of fused-ring (bicyclic) bond motifs is 1. The first-order chi connectivity index (χ1) is 18.4. The second-order valence-electron chi connectivity index (χ2n) is 9.17. The Morgan fingerprint density at radius 3 is 2.16 bits per heavy atom. The summed E-state index contributed by atoms with van der Waals surface area (Å²) in [6.45, 7) is 5.60. The van der Waals surface area contributed by atoms with Crippen LogP contribution in [-0.2, 0) is 14.3 Å². The second-order valence-corrected chi connectivity index (χ2v) is 9.17. The number of carbonyl (C=O) groups is 2. The Hall–Kier alpha value is -4.52. The molecule has 0 N–H and O–H groups in total. The lowest BCUT2D eigenvalue weighted by Gasteiger charge is -2.20. The number of nitrogens with zero attached hydrogens (tertiary/aromatic N) is 1. The third-order valence-corrected chi connectivity index (χ3v) is 6.56. The van der Waals surface area contributed by atoms with Crippen LogP contribution in [0.3, 0.4) is 0 Å². The highest BCUT2D eigenvalue weighted by atomic mass is 19.1. The topological polar surface area (TPSA) is 74.6 Å². The Bertz CT molecular complexity index is 1550. The van der Waals surface area contributed by atoms with E-state index in [1.54, 1.807) is 11.5 Å². The van der Waals surface area contributed by atoms with Crippen LogP contribution in [0.15, 0.2) is 90.4 Å². The SMILES string of the molecule is C=C(C(=O)OC(c1ccccc1)c1ccccc1)c1cc2c(cc1F)c(=O)c(C(=O)OCC)cn2C1CC1. The molecular weight excluding hydrogens is 485 g/mol. The average Bonchev–Trinajstić information content (AvgIpc) is 3.78. The quantitative estimate of drug-likeness (QED) is 0.214. The number of carbonyl (C=O) groups excluding carboxylic acids is 2. The Morgan fingerprint density at radius 2 is 1.61 bits per heavy atom. The molecule has 3 aromatic carbocycles. The van der Waals surface area contributed by atoms with E-state index in [4.69, 9.17) is 9.47 Å². The lowest BCUT2D eigenvalue weighted by molar-refractivity contribution is -0.140. The van der Waals surface area contributed by atoms with Gasteiger partial charge in [-0.1, -0.05) is 67.2 Å². The van der Waals surface area contributed by atoms with E-state index in [9.17, 15) is 14.4 Å². The monoisotopic (exact) mass is 511 g/mol. The maximum Gasteiger partial charge on any atom is 0.343 e. The van der Waals surface area contributed by atoms with Crippen LogP contribution in [0.4, 0.5) is 4.39 Å². The van der Waals surface area contributed by atoms with Gasteiger partial charge in [0, 0.05) is 23.2 Å². The van der Waals surface area contributed by atoms with Crippen LogP contribution in [0.5, 0.6) is 0 Å². The van der Waals surface area contributed by atoms with Crippen molar-refractivity contribution in [3.05, 3.63) is 124 Å². The molecule has 5 rings (SSSR count). The minimum absolute atomic E-state index is 0.0383. The van der Waals surface area contributed by atoms with Gasteiger partial charge in [0.05, 0.1) is 17.7 Å². The van der Waals surface area contributed by atoms with Crippen molar-refractivity contribution in [1.29, 1.82) is 0 Å². The van der Waals surface area contributed by atoms with Crippen molar-refractivity contribution < 1.29 is 23.5 Å². The third-order valence-electron chi connectivity index (χ3n) is 6.56. The van der Waals surface area contributed by atoms with Gasteiger partial charge in [0.25, 0.3) is 0 Å². The van der Waals surface area contributed by atoms with Gasteiger partial charge in [-0.05, 0) is 43.0 Å². The van der Waals surface area contributed by atoms with Gasteiger partial charge in [-0.15, -0.1) is 0 Å². The summed E-state index contributed by atoms with van der Waals surface area (Å²) in [5, 5.41) is 0.0383. The molecule has 192 valence electrons. The number of ether oxygens (including phenoxy) is 2. The van der Waals surface area contributed by atoms with Crippen LogP contribution in [-0.4, -0.2) is 23.1 Å². The summed E-state index contributed by atoms with van der Waals surface area (Å²) >= 11 is 0. The fourth-order valence-electron chi connectivity index (χ4n) is 4.48. The fraction of sp³-hybridized carbons (Fsp3) is 0.194. The van der Waals surface area contributed by atoms with Crippen molar-refractivity contribution in [2.75, 3.05) is 6.61 Å². The van der Waals surface area contributed by atoms with Gasteiger partial charge < -0.3 is 14.0 Å². The largest absolute Gasteiger partial charge is 0.462 e. The van der Waals surface area contributed by atoms with Crippen LogP contribution in [0, 0.1) is 5.82 Å². The Balaban J connectivity index is 1.53. The molecule has 1 aliphatic rings. The zero-order chi connectivity index (χ0) is 26.8. The standard InChI is InChI=1S/C31H26FNO5/c1-3-37-31(36)25-18-33(22-14-15-22)27-17-23(26(32)16-24(27)28(25)34)19(2)30(35)38-29(20-10-6-4-7-11-20)21-12-8-5-9-13-21/h4-13,16-18,22,29H,2-3,14-15H2,1H3. The summed E-state index contributed by atoms with van der Waals surface area (Å²) in [5.74, 6) is -2.35. The van der Waals surface area contributed by atoms with Gasteiger partial charge in [0.15, 0.2) is 6.10 Å². The number of esters is 2. The fourth-order valence-corrected chi connectivity index (χ4v) is 4.48. The molecule has 1 heterocycles. The van der Waals surface area contributed by atoms with Crippen LogP contribution in [0.25, 0.3) is 16.5 Å². The molecule has 7 heteroatoms. The molecule has 1 aromatic heterocycles. The third kappa shape index (κ3) is 4.87. The number of hydrogen-bond donors (Lipinski definition) is 0. The normalized spacial score (nSPS) is 12.9. The summed E-state index contributed by atoms with van der Waals surface area (Å²) in [6.07, 6.45) is 2.45. The van der Waals surface area contributed by atoms with E-state index in [0.29, 0.717) is 5.52 Å². The van der Waals surface area contributed by atoms with E-state index in [1.165, 1.54) is 12.3 Å². The molecule has 38 heavy (non-hydrogen) atoms. The molecule has 0 saturated heterocycles. The van der Waals surface area contributed by atoms with Gasteiger partial charge in [-0.2, -0.15) is 0 Å². The summed E-state index contributed by atoms with van der Waals surface area (Å²) < 4.78 is 28.1. The molecule has 0 atom stereocenters. The highest BCUT2D eigenvalue weighted by Gasteiger charge is 2.29. The minimum atomic E-state index is -0.809. The molecule has 4 aromatic rings. The number of hydrogen-bond acceptors (Lipinski definition) is 5. The van der Waals surface area contributed by atoms with Gasteiger partial charge in [0.2, 0.25) is 5.43 Å². The molecule has 0 spiro atoms. The first-order valence-electron chi connectivity index (χ1n) is 12.4. The summed E-state index contributed by atoms with van der Waals surface area (Å²) in [5.41, 5.74) is 0.914. The van der Waals surface area contributed by atoms with E-state index in [-0.39, 0.29) is 34.7 Å². The smallest absolute Gasteiger partial charge is 0.343 e. The molecule has 1 saturated carbocycles. The molecule has 1 aliphatic carbocycles. The van der Waals surface area contributed by atoms with Gasteiger partial charge in [-0.3, -0.25) is 4.79 Å². The number of aromatic nitrogens is 1. The second kappa shape index (κ2) is 10.5. The maximum absolute atomic E-state index is 15.4. The van der Waals surface area contributed by atoms with Gasteiger partial charge in [0.1, 0.15) is 11.4 Å². The van der Waals surface area contributed by atoms with E-state index >= 15 is 4.39 Å². The van der Waals surface area contributed by atoms with Crippen LogP contribution < -0.4 is 5.43 Å². The number of benzene rings is 3.